The number of ether oxygens (including phenoxy) is 1. The Kier molecular flexibility index (Phi) is 4.15. The first-order valence-corrected chi connectivity index (χ1v) is 8.16. The van der Waals surface area contributed by atoms with Gasteiger partial charge in [0.1, 0.15) is 17.2 Å². The molecule has 0 aliphatic heterocycles. The van der Waals surface area contributed by atoms with Crippen molar-refractivity contribution in [3.8, 4) is 17.1 Å². The van der Waals surface area contributed by atoms with Gasteiger partial charge in [-0.15, -0.1) is 0 Å². The van der Waals surface area contributed by atoms with Crippen molar-refractivity contribution in [2.45, 2.75) is 6.54 Å². The van der Waals surface area contributed by atoms with Crippen LogP contribution in [0.25, 0.3) is 22.2 Å². The van der Waals surface area contributed by atoms with Crippen LogP contribution in [0.2, 0.25) is 0 Å². The molecule has 6 heteroatoms. The lowest BCUT2D eigenvalue weighted by Gasteiger charge is -2.05. The second-order valence-corrected chi connectivity index (χ2v) is 5.88. The molecule has 0 bridgehead atoms. The van der Waals surface area contributed by atoms with E-state index in [0.717, 1.165) is 33.5 Å². The van der Waals surface area contributed by atoms with Gasteiger partial charge in [-0.2, -0.15) is 0 Å². The number of aromatic amines is 1. The number of benzene rings is 1. The highest BCUT2D eigenvalue weighted by atomic mass is 16.5. The summed E-state index contributed by atoms with van der Waals surface area (Å²) in [6.45, 7) is 0.374. The molecule has 26 heavy (non-hydrogen) atoms. The van der Waals surface area contributed by atoms with Crippen molar-refractivity contribution in [3.05, 3.63) is 72.4 Å². The summed E-state index contributed by atoms with van der Waals surface area (Å²) in [4.78, 5) is 19.8. The smallest absolute Gasteiger partial charge is 0.267 e. The van der Waals surface area contributed by atoms with Gasteiger partial charge in [0.2, 0.25) is 0 Å². The number of pyridine rings is 1. The van der Waals surface area contributed by atoms with E-state index in [1.54, 1.807) is 25.8 Å². The van der Waals surface area contributed by atoms with Crippen LogP contribution >= 0.6 is 0 Å². The highest BCUT2D eigenvalue weighted by Gasteiger charge is 2.10. The maximum Gasteiger partial charge on any atom is 0.267 e. The van der Waals surface area contributed by atoms with Crippen LogP contribution in [0.5, 0.6) is 5.75 Å². The van der Waals surface area contributed by atoms with Gasteiger partial charge in [0.15, 0.2) is 0 Å². The first kappa shape index (κ1) is 16.0. The molecule has 3 aromatic heterocycles. The Hall–Kier alpha value is -3.54. The number of furan rings is 1. The van der Waals surface area contributed by atoms with Crippen molar-refractivity contribution >= 4 is 16.8 Å². The quantitative estimate of drug-likeness (QED) is 0.576. The monoisotopic (exact) mass is 347 g/mol. The molecule has 0 aliphatic rings. The van der Waals surface area contributed by atoms with Crippen molar-refractivity contribution in [1.82, 2.24) is 15.3 Å². The Morgan fingerprint density at radius 3 is 2.96 bits per heavy atom. The second-order valence-electron chi connectivity index (χ2n) is 5.88. The van der Waals surface area contributed by atoms with E-state index in [1.165, 1.54) is 0 Å². The van der Waals surface area contributed by atoms with Gasteiger partial charge < -0.3 is 19.5 Å². The normalized spacial score (nSPS) is 10.8. The van der Waals surface area contributed by atoms with Crippen molar-refractivity contribution in [2.75, 3.05) is 7.11 Å². The third kappa shape index (κ3) is 3.17. The molecule has 6 nitrogen and oxygen atoms in total. The summed E-state index contributed by atoms with van der Waals surface area (Å²) in [5.41, 5.74) is 3.13. The topological polar surface area (TPSA) is 80.2 Å². The van der Waals surface area contributed by atoms with Gasteiger partial charge in [0, 0.05) is 41.5 Å². The van der Waals surface area contributed by atoms with E-state index >= 15 is 0 Å². The van der Waals surface area contributed by atoms with Crippen LogP contribution in [-0.2, 0) is 6.54 Å². The summed E-state index contributed by atoms with van der Waals surface area (Å²) < 4.78 is 10.6. The Morgan fingerprint density at radius 1 is 1.23 bits per heavy atom. The summed E-state index contributed by atoms with van der Waals surface area (Å²) in [5, 5.41) is 3.86. The molecule has 3 heterocycles. The molecule has 1 amide bonds. The van der Waals surface area contributed by atoms with E-state index in [2.05, 4.69) is 15.3 Å². The van der Waals surface area contributed by atoms with Gasteiger partial charge >= 0.3 is 0 Å². The number of amides is 1. The fourth-order valence-electron chi connectivity index (χ4n) is 2.79. The predicted molar refractivity (Wildman–Crippen MR) is 98.0 cm³/mol. The molecule has 1 aromatic carbocycles. The SMILES string of the molecule is COc1ccc2cc(C(=O)NCc3cncc(-c4ccco4)c3)[nH]c2c1. The molecule has 0 spiro atoms. The molecule has 0 unspecified atom stereocenters. The van der Waals surface area contributed by atoms with Crippen LogP contribution in [-0.4, -0.2) is 23.0 Å². The molecule has 2 N–H and O–H groups in total. The van der Waals surface area contributed by atoms with E-state index in [4.69, 9.17) is 9.15 Å². The number of carbonyl (C=O) groups is 1. The number of fused-ring (bicyclic) bond motifs is 1. The van der Waals surface area contributed by atoms with Crippen LogP contribution in [0.4, 0.5) is 0 Å². The van der Waals surface area contributed by atoms with Crippen LogP contribution in [0.15, 0.2) is 65.5 Å². The largest absolute Gasteiger partial charge is 0.497 e. The molecule has 0 aliphatic carbocycles. The Morgan fingerprint density at radius 2 is 2.15 bits per heavy atom. The van der Waals surface area contributed by atoms with E-state index in [1.807, 2.05) is 42.5 Å². The van der Waals surface area contributed by atoms with E-state index in [-0.39, 0.29) is 5.91 Å². The fourth-order valence-corrected chi connectivity index (χ4v) is 2.79. The predicted octanol–water partition coefficient (Wildman–Crippen LogP) is 3.76. The summed E-state index contributed by atoms with van der Waals surface area (Å²) in [6.07, 6.45) is 5.08. The minimum atomic E-state index is -0.177. The summed E-state index contributed by atoms with van der Waals surface area (Å²) in [6, 6.07) is 13.1. The number of nitrogens with one attached hydrogen (secondary N) is 2. The second kappa shape index (κ2) is 6.76. The van der Waals surface area contributed by atoms with Crippen LogP contribution in [0.1, 0.15) is 16.1 Å². The van der Waals surface area contributed by atoms with Gasteiger partial charge in [-0.1, -0.05) is 0 Å². The van der Waals surface area contributed by atoms with Gasteiger partial charge in [-0.25, -0.2) is 0 Å². The average Bonchev–Trinajstić information content (AvgIpc) is 3.35. The Labute approximate surface area is 149 Å². The lowest BCUT2D eigenvalue weighted by atomic mass is 10.1. The van der Waals surface area contributed by atoms with E-state index in [9.17, 15) is 4.79 Å². The first-order chi connectivity index (χ1) is 12.7. The Balaban J connectivity index is 1.48. The maximum atomic E-state index is 12.4. The summed E-state index contributed by atoms with van der Waals surface area (Å²) in [7, 11) is 1.61. The number of rotatable bonds is 5. The zero-order valence-electron chi connectivity index (χ0n) is 14.2. The van der Waals surface area contributed by atoms with Crippen molar-refractivity contribution in [1.29, 1.82) is 0 Å². The van der Waals surface area contributed by atoms with Gasteiger partial charge in [0.05, 0.1) is 13.4 Å². The number of hydrogen-bond donors (Lipinski definition) is 2. The van der Waals surface area contributed by atoms with Crippen LogP contribution in [0, 0.1) is 0 Å². The first-order valence-electron chi connectivity index (χ1n) is 8.16. The minimum Gasteiger partial charge on any atom is -0.497 e. The molecule has 0 fully saturated rings. The number of aromatic nitrogens is 2. The molecule has 0 saturated heterocycles. The zero-order valence-corrected chi connectivity index (χ0v) is 14.2. The highest BCUT2D eigenvalue weighted by Crippen LogP contribution is 2.22. The molecule has 0 radical (unpaired) electrons. The highest BCUT2D eigenvalue weighted by molar-refractivity contribution is 5.98. The summed E-state index contributed by atoms with van der Waals surface area (Å²) in [5.74, 6) is 1.31. The summed E-state index contributed by atoms with van der Waals surface area (Å²) >= 11 is 0. The number of carbonyl (C=O) groups excluding carboxylic acids is 1. The maximum absolute atomic E-state index is 12.4. The minimum absolute atomic E-state index is 0.177. The van der Waals surface area contributed by atoms with Gasteiger partial charge in [-0.3, -0.25) is 9.78 Å². The van der Waals surface area contributed by atoms with Crippen molar-refractivity contribution in [3.63, 3.8) is 0 Å². The number of methoxy groups -OCH3 is 1. The third-order valence-corrected chi connectivity index (χ3v) is 4.13. The molecule has 0 saturated carbocycles. The van der Waals surface area contributed by atoms with Gasteiger partial charge in [-0.05, 0) is 42.0 Å². The van der Waals surface area contributed by atoms with Gasteiger partial charge in [0.25, 0.3) is 5.91 Å². The fraction of sp³-hybridized carbons (Fsp3) is 0.100. The zero-order chi connectivity index (χ0) is 17.9. The Bertz CT molecular complexity index is 1050. The number of H-pyrrole nitrogens is 1. The van der Waals surface area contributed by atoms with E-state index < -0.39 is 0 Å². The average molecular weight is 347 g/mol. The molecule has 130 valence electrons. The number of nitrogens with zero attached hydrogens (tertiary/aromatic N) is 1. The van der Waals surface area contributed by atoms with Crippen LogP contribution < -0.4 is 10.1 Å². The molecular weight excluding hydrogens is 330 g/mol. The van der Waals surface area contributed by atoms with E-state index in [0.29, 0.717) is 12.2 Å². The molecule has 4 rings (SSSR count). The molecular formula is C20H17N3O3. The number of hydrogen-bond acceptors (Lipinski definition) is 4. The van der Waals surface area contributed by atoms with Crippen molar-refractivity contribution < 1.29 is 13.9 Å². The lowest BCUT2D eigenvalue weighted by molar-refractivity contribution is 0.0946. The molecule has 4 aromatic rings. The van der Waals surface area contributed by atoms with Crippen molar-refractivity contribution in [2.24, 2.45) is 0 Å². The standard InChI is InChI=1S/C20H17N3O3/c1-25-16-5-4-14-8-18(23-17(14)9-16)20(24)22-11-13-7-15(12-21-10-13)19-3-2-6-26-19/h2-10,12,23H,11H2,1H3,(H,22,24). The molecule has 0 atom stereocenters. The lowest BCUT2D eigenvalue weighted by Crippen LogP contribution is -2.23. The third-order valence-electron chi connectivity index (χ3n) is 4.13. The van der Waals surface area contributed by atoms with Crippen LogP contribution in [0.3, 0.4) is 0 Å².